The van der Waals surface area contributed by atoms with E-state index in [1.807, 2.05) is 63.2 Å². The minimum atomic E-state index is -1.00. The van der Waals surface area contributed by atoms with E-state index < -0.39 is 23.5 Å². The Kier molecular flexibility index (Phi) is 9.01. The second-order valence-electron chi connectivity index (χ2n) is 10.6. The van der Waals surface area contributed by atoms with Gasteiger partial charge in [-0.05, 0) is 75.2 Å². The number of aromatic nitrogens is 1. The van der Waals surface area contributed by atoms with Crippen LogP contribution in [0.3, 0.4) is 0 Å². The quantitative estimate of drug-likeness (QED) is 0.278. The van der Waals surface area contributed by atoms with E-state index in [2.05, 4.69) is 25.7 Å². The van der Waals surface area contributed by atoms with Crippen LogP contribution in [0.15, 0.2) is 59.2 Å². The zero-order chi connectivity index (χ0) is 29.0. The van der Waals surface area contributed by atoms with Gasteiger partial charge in [0.25, 0.3) is 18.3 Å². The van der Waals surface area contributed by atoms with Gasteiger partial charge < -0.3 is 19.2 Å². The molecular weight excluding hydrogens is 568 g/mol. The Labute approximate surface area is 235 Å². The predicted octanol–water partition coefficient (Wildman–Crippen LogP) is 6.11. The monoisotopic (exact) mass is 598 g/mol. The summed E-state index contributed by atoms with van der Waals surface area (Å²) in [6.45, 7) is 11.3. The molecule has 0 saturated carbocycles. The van der Waals surface area contributed by atoms with Crippen LogP contribution < -0.4 is 4.74 Å². The van der Waals surface area contributed by atoms with E-state index in [9.17, 15) is 19.2 Å². The first-order chi connectivity index (χ1) is 18.2. The fourth-order valence-electron chi connectivity index (χ4n) is 3.50. The van der Waals surface area contributed by atoms with Gasteiger partial charge in [-0.25, -0.2) is 4.79 Å². The molecule has 0 radical (unpaired) electrons. The number of nitrogens with zero attached hydrogens (tertiary/aromatic N) is 1. The summed E-state index contributed by atoms with van der Waals surface area (Å²) >= 11 is 3.19. The van der Waals surface area contributed by atoms with Crippen molar-refractivity contribution in [3.63, 3.8) is 0 Å². The molecule has 3 amide bonds. The van der Waals surface area contributed by atoms with E-state index in [-0.39, 0.29) is 15.7 Å². The second kappa shape index (κ2) is 11.9. The van der Waals surface area contributed by atoms with Crippen LogP contribution in [0, 0.1) is 0 Å². The van der Waals surface area contributed by atoms with E-state index in [0.29, 0.717) is 29.3 Å². The SMILES string of the molecule is CC(C)(C)OC(=O)N1C(=O)C(Br)=C(c2c[nH]c3cc(OCc4ccccc4)ccc23)C1=O.CC(C)(C)OC=O. The molecule has 1 aromatic heterocycles. The maximum Gasteiger partial charge on any atom is 0.424 e. The van der Waals surface area contributed by atoms with Gasteiger partial charge in [-0.3, -0.25) is 14.4 Å². The number of carbonyl (C=O) groups excluding carboxylic acids is 4. The molecular formula is C29H31BrN2O7. The number of rotatable bonds is 5. The lowest BCUT2D eigenvalue weighted by atomic mass is 10.1. The molecule has 10 heteroatoms. The third kappa shape index (κ3) is 7.57. The number of hydrogen-bond donors (Lipinski definition) is 1. The first-order valence-electron chi connectivity index (χ1n) is 12.1. The highest BCUT2D eigenvalue weighted by atomic mass is 79.9. The Balaban J connectivity index is 0.000000532. The van der Waals surface area contributed by atoms with Crippen molar-refractivity contribution in [2.75, 3.05) is 0 Å². The molecule has 0 spiro atoms. The summed E-state index contributed by atoms with van der Waals surface area (Å²) in [6.07, 6.45) is 0.627. The summed E-state index contributed by atoms with van der Waals surface area (Å²) in [5.74, 6) is -0.829. The molecule has 3 aromatic rings. The molecule has 2 heterocycles. The number of benzene rings is 2. The van der Waals surface area contributed by atoms with Crippen LogP contribution in [0.5, 0.6) is 5.75 Å². The van der Waals surface area contributed by atoms with Crippen LogP contribution in [0.4, 0.5) is 4.79 Å². The van der Waals surface area contributed by atoms with Crippen LogP contribution in [0.2, 0.25) is 0 Å². The normalized spacial score (nSPS) is 13.8. The Hall–Kier alpha value is -3.92. The average molecular weight is 599 g/mol. The summed E-state index contributed by atoms with van der Waals surface area (Å²) in [4.78, 5) is 51.3. The van der Waals surface area contributed by atoms with Crippen molar-refractivity contribution in [3.05, 3.63) is 70.3 Å². The predicted molar refractivity (Wildman–Crippen MR) is 150 cm³/mol. The molecule has 1 N–H and O–H groups in total. The fraction of sp³-hybridized carbons (Fsp3) is 0.310. The van der Waals surface area contributed by atoms with Crippen molar-refractivity contribution in [1.82, 2.24) is 9.88 Å². The Morgan fingerprint density at radius 1 is 0.974 bits per heavy atom. The van der Waals surface area contributed by atoms with Crippen LogP contribution in [-0.2, 0) is 30.5 Å². The zero-order valence-electron chi connectivity index (χ0n) is 22.7. The first kappa shape index (κ1) is 29.6. The number of carbonyl (C=O) groups is 4. The van der Waals surface area contributed by atoms with E-state index in [0.717, 1.165) is 16.5 Å². The Morgan fingerprint density at radius 2 is 1.64 bits per heavy atom. The van der Waals surface area contributed by atoms with Crippen LogP contribution in [-0.4, -0.2) is 45.5 Å². The van der Waals surface area contributed by atoms with Gasteiger partial charge in [0.1, 0.15) is 23.6 Å². The molecule has 1 aliphatic rings. The molecule has 0 saturated heterocycles. The third-order valence-electron chi connectivity index (χ3n) is 5.18. The van der Waals surface area contributed by atoms with Gasteiger partial charge in [0.05, 0.1) is 10.1 Å². The lowest BCUT2D eigenvalue weighted by Gasteiger charge is -2.22. The number of imide groups is 3. The number of ether oxygens (including phenoxy) is 3. The molecule has 0 fully saturated rings. The summed E-state index contributed by atoms with van der Waals surface area (Å²) in [6, 6.07) is 15.2. The Bertz CT molecular complexity index is 1410. The maximum absolute atomic E-state index is 13.0. The largest absolute Gasteiger partial charge is 0.489 e. The maximum atomic E-state index is 13.0. The smallest absolute Gasteiger partial charge is 0.424 e. The molecule has 9 nitrogen and oxygen atoms in total. The van der Waals surface area contributed by atoms with Gasteiger partial charge >= 0.3 is 6.09 Å². The van der Waals surface area contributed by atoms with Crippen molar-refractivity contribution >= 4 is 56.8 Å². The van der Waals surface area contributed by atoms with E-state index in [1.54, 1.807) is 33.0 Å². The number of fused-ring (bicyclic) bond motifs is 1. The Morgan fingerprint density at radius 3 is 2.21 bits per heavy atom. The summed E-state index contributed by atoms with van der Waals surface area (Å²) < 4.78 is 15.6. The third-order valence-corrected chi connectivity index (χ3v) is 5.91. The highest BCUT2D eigenvalue weighted by molar-refractivity contribution is 9.12. The summed E-state index contributed by atoms with van der Waals surface area (Å²) in [7, 11) is 0. The highest BCUT2D eigenvalue weighted by Crippen LogP contribution is 2.37. The molecule has 0 unspecified atom stereocenters. The van der Waals surface area contributed by atoms with Crippen molar-refractivity contribution in [3.8, 4) is 5.75 Å². The van der Waals surface area contributed by atoms with Crippen molar-refractivity contribution < 1.29 is 33.4 Å². The minimum Gasteiger partial charge on any atom is -0.489 e. The van der Waals surface area contributed by atoms with Crippen LogP contribution in [0.1, 0.15) is 52.7 Å². The summed E-state index contributed by atoms with van der Waals surface area (Å²) in [5, 5.41) is 0.719. The van der Waals surface area contributed by atoms with E-state index in [1.165, 1.54) is 0 Å². The van der Waals surface area contributed by atoms with Gasteiger partial charge in [0.2, 0.25) is 0 Å². The standard InChI is InChI=1S/C24H21BrN2O5.C5H10O2/c1-24(2,3)32-23(30)27-21(28)19(20(25)22(27)29)17-12-26-18-11-15(9-10-16(17)18)31-13-14-7-5-4-6-8-14;1-5(2,3)7-4-6/h4-12,26H,13H2,1-3H3;4H,1-3H3. The van der Waals surface area contributed by atoms with Gasteiger partial charge in [0.15, 0.2) is 0 Å². The first-order valence-corrected chi connectivity index (χ1v) is 12.9. The summed E-state index contributed by atoms with van der Waals surface area (Å²) in [5.41, 5.74) is 1.22. The molecule has 2 aromatic carbocycles. The number of H-pyrrole nitrogens is 1. The van der Waals surface area contributed by atoms with E-state index >= 15 is 0 Å². The second-order valence-corrected chi connectivity index (χ2v) is 11.4. The molecule has 0 atom stereocenters. The van der Waals surface area contributed by atoms with E-state index in [4.69, 9.17) is 9.47 Å². The number of amides is 3. The minimum absolute atomic E-state index is 0.0127. The number of aromatic amines is 1. The topological polar surface area (TPSA) is 115 Å². The fourth-order valence-corrected chi connectivity index (χ4v) is 4.06. The average Bonchev–Trinajstić information content (AvgIpc) is 3.34. The lowest BCUT2D eigenvalue weighted by Crippen LogP contribution is -2.41. The molecule has 0 bridgehead atoms. The molecule has 4 rings (SSSR count). The van der Waals surface area contributed by atoms with Gasteiger partial charge in [-0.15, -0.1) is 0 Å². The number of nitrogens with one attached hydrogen (secondary N) is 1. The highest BCUT2D eigenvalue weighted by Gasteiger charge is 2.44. The van der Waals surface area contributed by atoms with Crippen LogP contribution in [0.25, 0.3) is 16.5 Å². The zero-order valence-corrected chi connectivity index (χ0v) is 24.2. The lowest BCUT2D eigenvalue weighted by molar-refractivity contribution is -0.139. The molecule has 39 heavy (non-hydrogen) atoms. The van der Waals surface area contributed by atoms with Gasteiger partial charge in [-0.1, -0.05) is 30.3 Å². The van der Waals surface area contributed by atoms with Gasteiger partial charge in [0, 0.05) is 28.7 Å². The molecule has 206 valence electrons. The molecule has 0 aliphatic carbocycles. The number of halogens is 1. The molecule has 1 aliphatic heterocycles. The number of hydrogen-bond acceptors (Lipinski definition) is 7. The van der Waals surface area contributed by atoms with Crippen molar-refractivity contribution in [2.45, 2.75) is 59.4 Å². The van der Waals surface area contributed by atoms with Crippen molar-refractivity contribution in [2.24, 2.45) is 0 Å². The van der Waals surface area contributed by atoms with Crippen LogP contribution >= 0.6 is 15.9 Å². The van der Waals surface area contributed by atoms with Gasteiger partial charge in [-0.2, -0.15) is 4.90 Å². The van der Waals surface area contributed by atoms with Crippen molar-refractivity contribution in [1.29, 1.82) is 0 Å².